The lowest BCUT2D eigenvalue weighted by atomic mass is 9.80. The second kappa shape index (κ2) is 7.59. The van der Waals surface area contributed by atoms with Crippen molar-refractivity contribution in [2.75, 3.05) is 4.90 Å². The summed E-state index contributed by atoms with van der Waals surface area (Å²) in [6.45, 7) is 4.10. The van der Waals surface area contributed by atoms with Gasteiger partial charge in [0.15, 0.2) is 5.78 Å². The van der Waals surface area contributed by atoms with Gasteiger partial charge in [-0.15, -0.1) is 0 Å². The van der Waals surface area contributed by atoms with Gasteiger partial charge in [0.05, 0.1) is 5.69 Å². The van der Waals surface area contributed by atoms with Crippen LogP contribution in [-0.2, 0) is 9.59 Å². The number of aryl methyl sites for hydroxylation is 1. The molecule has 0 saturated heterocycles. The SMILES string of the molecule is Cc1cccc(N2C(=O)CC(/C=C/c3ccccc3)C3=C2CCCC3=O)c1C. The summed E-state index contributed by atoms with van der Waals surface area (Å²) in [6.07, 6.45) is 6.55. The molecule has 1 unspecified atom stereocenters. The van der Waals surface area contributed by atoms with Crippen LogP contribution in [-0.4, -0.2) is 11.7 Å². The van der Waals surface area contributed by atoms with Crippen LogP contribution in [0.3, 0.4) is 0 Å². The third kappa shape index (κ3) is 3.33. The van der Waals surface area contributed by atoms with E-state index in [1.165, 1.54) is 0 Å². The number of carbonyl (C=O) groups excluding carboxylic acids is 2. The highest BCUT2D eigenvalue weighted by atomic mass is 16.2. The van der Waals surface area contributed by atoms with Gasteiger partial charge in [-0.25, -0.2) is 0 Å². The van der Waals surface area contributed by atoms with Crippen molar-refractivity contribution < 1.29 is 9.59 Å². The summed E-state index contributed by atoms with van der Waals surface area (Å²) in [5.74, 6) is 0.119. The number of hydrogen-bond donors (Lipinski definition) is 0. The van der Waals surface area contributed by atoms with Crippen LogP contribution in [0.4, 0.5) is 5.69 Å². The Kier molecular flexibility index (Phi) is 4.99. The molecule has 0 spiro atoms. The van der Waals surface area contributed by atoms with E-state index in [1.807, 2.05) is 66.4 Å². The molecule has 0 aromatic heterocycles. The topological polar surface area (TPSA) is 37.4 Å². The van der Waals surface area contributed by atoms with Crippen LogP contribution in [0.2, 0.25) is 0 Å². The lowest BCUT2D eigenvalue weighted by molar-refractivity contribution is -0.120. The quantitative estimate of drug-likeness (QED) is 0.727. The number of amides is 1. The van der Waals surface area contributed by atoms with Crippen molar-refractivity contribution >= 4 is 23.5 Å². The molecule has 1 aliphatic carbocycles. The van der Waals surface area contributed by atoms with Crippen LogP contribution >= 0.6 is 0 Å². The van der Waals surface area contributed by atoms with Crippen molar-refractivity contribution in [3.05, 3.63) is 82.6 Å². The zero-order valence-electron chi connectivity index (χ0n) is 16.4. The molecule has 0 bridgehead atoms. The number of rotatable bonds is 3. The maximum atomic E-state index is 13.2. The Balaban J connectivity index is 1.78. The molecule has 0 radical (unpaired) electrons. The van der Waals surface area contributed by atoms with Crippen LogP contribution in [0.25, 0.3) is 6.08 Å². The molecule has 0 N–H and O–H groups in total. The first-order valence-corrected chi connectivity index (χ1v) is 9.95. The molecule has 0 saturated carbocycles. The molecule has 0 fully saturated rings. The van der Waals surface area contributed by atoms with Crippen LogP contribution in [0.15, 0.2) is 65.9 Å². The van der Waals surface area contributed by atoms with E-state index in [0.717, 1.165) is 46.5 Å². The summed E-state index contributed by atoms with van der Waals surface area (Å²) in [5.41, 5.74) is 5.98. The average molecular weight is 371 g/mol. The van der Waals surface area contributed by atoms with Crippen molar-refractivity contribution in [1.29, 1.82) is 0 Å². The normalized spacial score (nSPS) is 20.1. The lowest BCUT2D eigenvalue weighted by Crippen LogP contribution is -2.41. The average Bonchev–Trinajstić information content (AvgIpc) is 2.70. The van der Waals surface area contributed by atoms with E-state index in [4.69, 9.17) is 0 Å². The van der Waals surface area contributed by atoms with Gasteiger partial charge >= 0.3 is 0 Å². The Morgan fingerprint density at radius 1 is 0.964 bits per heavy atom. The number of ketones is 1. The van der Waals surface area contributed by atoms with Gasteiger partial charge in [-0.3, -0.25) is 14.5 Å². The van der Waals surface area contributed by atoms with Gasteiger partial charge in [-0.1, -0.05) is 54.6 Å². The first-order valence-electron chi connectivity index (χ1n) is 9.95. The van der Waals surface area contributed by atoms with Gasteiger partial charge in [0.1, 0.15) is 0 Å². The summed E-state index contributed by atoms with van der Waals surface area (Å²) in [6, 6.07) is 16.0. The summed E-state index contributed by atoms with van der Waals surface area (Å²) in [7, 11) is 0. The number of benzene rings is 2. The van der Waals surface area contributed by atoms with E-state index in [0.29, 0.717) is 12.8 Å². The molecule has 1 aliphatic heterocycles. The fourth-order valence-electron chi connectivity index (χ4n) is 4.24. The van der Waals surface area contributed by atoms with E-state index in [-0.39, 0.29) is 17.6 Å². The van der Waals surface area contributed by atoms with Crippen molar-refractivity contribution in [3.8, 4) is 0 Å². The van der Waals surface area contributed by atoms with Gasteiger partial charge in [-0.05, 0) is 49.4 Å². The van der Waals surface area contributed by atoms with Crippen molar-refractivity contribution in [1.82, 2.24) is 0 Å². The largest absolute Gasteiger partial charge is 0.294 e. The fourth-order valence-corrected chi connectivity index (χ4v) is 4.24. The van der Waals surface area contributed by atoms with Gasteiger partial charge in [0.25, 0.3) is 0 Å². The maximum Gasteiger partial charge on any atom is 0.232 e. The van der Waals surface area contributed by atoms with E-state index < -0.39 is 0 Å². The Bertz CT molecular complexity index is 985. The standard InChI is InChI=1S/C25H25NO2/c1-17-8-6-11-21(18(17)2)26-22-12-7-13-23(27)25(22)20(16-24(26)28)15-14-19-9-4-3-5-10-19/h3-6,8-11,14-15,20H,7,12-13,16H2,1-2H3/b15-14+. The lowest BCUT2D eigenvalue weighted by Gasteiger charge is -2.38. The number of Topliss-reactive ketones (excluding diaryl/α,β-unsaturated/α-hetero) is 1. The smallest absolute Gasteiger partial charge is 0.232 e. The summed E-state index contributed by atoms with van der Waals surface area (Å²) in [5, 5.41) is 0. The number of nitrogens with zero attached hydrogens (tertiary/aromatic N) is 1. The first-order chi connectivity index (χ1) is 13.6. The van der Waals surface area contributed by atoms with Crippen molar-refractivity contribution in [2.45, 2.75) is 39.5 Å². The van der Waals surface area contributed by atoms with Crippen LogP contribution < -0.4 is 4.90 Å². The van der Waals surface area contributed by atoms with Crippen molar-refractivity contribution in [3.63, 3.8) is 0 Å². The van der Waals surface area contributed by atoms with Gasteiger partial charge in [-0.2, -0.15) is 0 Å². The molecule has 2 aromatic rings. The highest BCUT2D eigenvalue weighted by Crippen LogP contribution is 2.40. The number of carbonyl (C=O) groups is 2. The van der Waals surface area contributed by atoms with Gasteiger partial charge in [0, 0.05) is 30.0 Å². The Morgan fingerprint density at radius 3 is 2.54 bits per heavy atom. The van der Waals surface area contributed by atoms with Gasteiger partial charge < -0.3 is 0 Å². The molecular weight excluding hydrogens is 346 g/mol. The van der Waals surface area contributed by atoms with E-state index in [9.17, 15) is 9.59 Å². The molecule has 4 rings (SSSR count). The second-order valence-corrected chi connectivity index (χ2v) is 7.67. The minimum absolute atomic E-state index is 0.0739. The number of hydrogen-bond acceptors (Lipinski definition) is 2. The van der Waals surface area contributed by atoms with E-state index in [1.54, 1.807) is 0 Å². The summed E-state index contributed by atoms with van der Waals surface area (Å²) in [4.78, 5) is 27.9. The molecule has 1 amide bonds. The second-order valence-electron chi connectivity index (χ2n) is 7.67. The molecular formula is C25H25NO2. The maximum absolute atomic E-state index is 13.2. The zero-order chi connectivity index (χ0) is 19.7. The van der Waals surface area contributed by atoms with Gasteiger partial charge in [0.2, 0.25) is 5.91 Å². The molecule has 2 aliphatic rings. The number of allylic oxidation sites excluding steroid dienone is 3. The fraction of sp³-hybridized carbons (Fsp3) is 0.280. The summed E-state index contributed by atoms with van der Waals surface area (Å²) >= 11 is 0. The highest BCUT2D eigenvalue weighted by molar-refractivity contribution is 6.07. The number of anilines is 1. The van der Waals surface area contributed by atoms with Crippen LogP contribution in [0, 0.1) is 19.8 Å². The van der Waals surface area contributed by atoms with E-state index in [2.05, 4.69) is 13.0 Å². The Hall–Kier alpha value is -2.94. The predicted molar refractivity (Wildman–Crippen MR) is 113 cm³/mol. The molecule has 3 nitrogen and oxygen atoms in total. The molecule has 1 atom stereocenters. The van der Waals surface area contributed by atoms with Crippen molar-refractivity contribution in [2.24, 2.45) is 5.92 Å². The molecule has 28 heavy (non-hydrogen) atoms. The summed E-state index contributed by atoms with van der Waals surface area (Å²) < 4.78 is 0. The first kappa shape index (κ1) is 18.4. The third-order valence-electron chi connectivity index (χ3n) is 5.85. The Labute approximate surface area is 166 Å². The highest BCUT2D eigenvalue weighted by Gasteiger charge is 2.38. The molecule has 1 heterocycles. The molecule has 3 heteroatoms. The third-order valence-corrected chi connectivity index (χ3v) is 5.85. The Morgan fingerprint density at radius 2 is 1.75 bits per heavy atom. The molecule has 142 valence electrons. The van der Waals surface area contributed by atoms with E-state index >= 15 is 0 Å². The monoisotopic (exact) mass is 371 g/mol. The predicted octanol–water partition coefficient (Wildman–Crippen LogP) is 5.38. The minimum atomic E-state index is -0.142. The van der Waals surface area contributed by atoms with Crippen LogP contribution in [0.1, 0.15) is 42.4 Å². The molecule has 2 aromatic carbocycles. The zero-order valence-corrected chi connectivity index (χ0v) is 16.4. The minimum Gasteiger partial charge on any atom is -0.294 e. The van der Waals surface area contributed by atoms with Crippen LogP contribution in [0.5, 0.6) is 0 Å².